The minimum atomic E-state index is -3.75. The quantitative estimate of drug-likeness (QED) is 0.818. The minimum Gasteiger partial charge on any atom is -0.480 e. The zero-order valence-electron chi connectivity index (χ0n) is 12.5. The number of methoxy groups -OCH3 is 1. The van der Waals surface area contributed by atoms with Gasteiger partial charge < -0.3 is 14.7 Å². The van der Waals surface area contributed by atoms with Crippen molar-refractivity contribution in [3.8, 4) is 5.88 Å². The Labute approximate surface area is 129 Å². The lowest BCUT2D eigenvalue weighted by Gasteiger charge is -2.33. The van der Waals surface area contributed by atoms with Gasteiger partial charge in [0.05, 0.1) is 13.3 Å². The van der Waals surface area contributed by atoms with Crippen molar-refractivity contribution in [2.24, 2.45) is 0 Å². The number of sulfonamides is 1. The van der Waals surface area contributed by atoms with Crippen LogP contribution in [-0.2, 0) is 10.0 Å². The number of pyridine rings is 1. The third-order valence-electron chi connectivity index (χ3n) is 3.67. The van der Waals surface area contributed by atoms with E-state index >= 15 is 0 Å². The van der Waals surface area contributed by atoms with E-state index in [2.05, 4.69) is 9.88 Å². The number of carboxylic acid groups (broad SMARTS) is 1. The van der Waals surface area contributed by atoms with E-state index in [0.29, 0.717) is 26.2 Å². The van der Waals surface area contributed by atoms with E-state index in [9.17, 15) is 13.2 Å². The summed E-state index contributed by atoms with van der Waals surface area (Å²) in [7, 11) is -2.46. The zero-order chi connectivity index (χ0) is 16.3. The molecule has 1 aromatic heterocycles. The topological polar surface area (TPSA) is 100 Å². The maximum absolute atomic E-state index is 12.6. The molecule has 0 unspecified atom stereocenters. The van der Waals surface area contributed by atoms with E-state index in [4.69, 9.17) is 9.84 Å². The Balaban J connectivity index is 2.30. The minimum absolute atomic E-state index is 0.109. The highest BCUT2D eigenvalue weighted by Gasteiger charge is 2.29. The molecule has 0 bridgehead atoms. The summed E-state index contributed by atoms with van der Waals surface area (Å²) < 4.78 is 31.4. The van der Waals surface area contributed by atoms with Gasteiger partial charge in [-0.3, -0.25) is 0 Å². The first-order valence-corrected chi connectivity index (χ1v) is 8.34. The first-order chi connectivity index (χ1) is 10.4. The molecule has 1 aromatic rings. The Morgan fingerprint density at radius 2 is 2.00 bits per heavy atom. The molecule has 122 valence electrons. The van der Waals surface area contributed by atoms with Gasteiger partial charge in [-0.1, -0.05) is 6.92 Å². The van der Waals surface area contributed by atoms with Gasteiger partial charge in [0, 0.05) is 26.2 Å². The maximum Gasteiger partial charge on any atom is 0.341 e. The fourth-order valence-corrected chi connectivity index (χ4v) is 3.72. The highest BCUT2D eigenvalue weighted by atomic mass is 32.2. The van der Waals surface area contributed by atoms with E-state index < -0.39 is 16.0 Å². The Kier molecular flexibility index (Phi) is 4.99. The van der Waals surface area contributed by atoms with Crippen LogP contribution >= 0.6 is 0 Å². The average Bonchev–Trinajstić information content (AvgIpc) is 2.54. The maximum atomic E-state index is 12.6. The summed E-state index contributed by atoms with van der Waals surface area (Å²) in [6.45, 7) is 4.98. The predicted octanol–water partition coefficient (Wildman–Crippen LogP) is 0.115. The van der Waals surface area contributed by atoms with Crippen LogP contribution in [0.15, 0.2) is 17.2 Å². The van der Waals surface area contributed by atoms with Gasteiger partial charge in [0.25, 0.3) is 0 Å². The molecule has 1 aliphatic heterocycles. The molecular weight excluding hydrogens is 310 g/mol. The second-order valence-electron chi connectivity index (χ2n) is 4.87. The highest BCUT2D eigenvalue weighted by molar-refractivity contribution is 7.89. The van der Waals surface area contributed by atoms with Crippen molar-refractivity contribution in [3.05, 3.63) is 17.8 Å². The molecule has 1 aliphatic rings. The SMILES string of the molecule is CCN1CCN(S(=O)(=O)c2cnc(OC)c(C(=O)O)c2)CC1. The lowest BCUT2D eigenvalue weighted by atomic mass is 10.3. The van der Waals surface area contributed by atoms with Gasteiger partial charge in [0.1, 0.15) is 10.5 Å². The van der Waals surface area contributed by atoms with Crippen molar-refractivity contribution in [1.82, 2.24) is 14.2 Å². The summed E-state index contributed by atoms with van der Waals surface area (Å²) in [5, 5.41) is 9.13. The number of ether oxygens (including phenoxy) is 1. The summed E-state index contributed by atoms with van der Waals surface area (Å²) in [6, 6.07) is 1.09. The summed E-state index contributed by atoms with van der Waals surface area (Å²) in [4.78, 5) is 17.0. The first kappa shape index (κ1) is 16.7. The van der Waals surface area contributed by atoms with Crippen molar-refractivity contribution in [1.29, 1.82) is 0 Å². The van der Waals surface area contributed by atoms with Crippen molar-refractivity contribution in [3.63, 3.8) is 0 Å². The van der Waals surface area contributed by atoms with E-state index in [1.165, 1.54) is 11.4 Å². The Morgan fingerprint density at radius 3 is 2.50 bits per heavy atom. The molecule has 9 heteroatoms. The number of likely N-dealkylation sites (N-methyl/N-ethyl adjacent to an activating group) is 1. The summed E-state index contributed by atoms with van der Waals surface area (Å²) in [6.07, 6.45) is 1.13. The fourth-order valence-electron chi connectivity index (χ4n) is 2.33. The van der Waals surface area contributed by atoms with Crippen LogP contribution in [-0.4, -0.2) is 73.5 Å². The normalized spacial score (nSPS) is 17.4. The third-order valence-corrected chi connectivity index (χ3v) is 5.53. The molecule has 8 nitrogen and oxygen atoms in total. The van der Waals surface area contributed by atoms with Gasteiger partial charge in [-0.25, -0.2) is 18.2 Å². The van der Waals surface area contributed by atoms with Gasteiger partial charge in [-0.2, -0.15) is 4.31 Å². The monoisotopic (exact) mass is 329 g/mol. The lowest BCUT2D eigenvalue weighted by Crippen LogP contribution is -2.48. The number of hydrogen-bond acceptors (Lipinski definition) is 6. The molecule has 0 spiro atoms. The van der Waals surface area contributed by atoms with Crippen LogP contribution in [0.25, 0.3) is 0 Å². The number of piperazine rings is 1. The second kappa shape index (κ2) is 6.59. The standard InChI is InChI=1S/C13H19N3O5S/c1-3-15-4-6-16(7-5-15)22(19,20)10-8-11(13(17)18)12(21-2)14-9-10/h8-9H,3-7H2,1-2H3,(H,17,18). The molecule has 0 amide bonds. The van der Waals surface area contributed by atoms with Crippen molar-refractivity contribution < 1.29 is 23.1 Å². The highest BCUT2D eigenvalue weighted by Crippen LogP contribution is 2.22. The molecule has 1 fully saturated rings. The zero-order valence-corrected chi connectivity index (χ0v) is 13.3. The number of aromatic nitrogens is 1. The van der Waals surface area contributed by atoms with Gasteiger partial charge in [-0.15, -0.1) is 0 Å². The van der Waals surface area contributed by atoms with Crippen LogP contribution in [0.1, 0.15) is 17.3 Å². The molecule has 2 heterocycles. The smallest absolute Gasteiger partial charge is 0.341 e. The molecule has 0 radical (unpaired) electrons. The largest absolute Gasteiger partial charge is 0.480 e. The van der Waals surface area contributed by atoms with Crippen LogP contribution in [0.4, 0.5) is 0 Å². The van der Waals surface area contributed by atoms with Crippen molar-refractivity contribution >= 4 is 16.0 Å². The Bertz CT molecular complexity index is 654. The van der Waals surface area contributed by atoms with Crippen LogP contribution in [0.5, 0.6) is 5.88 Å². The van der Waals surface area contributed by atoms with Gasteiger partial charge in [-0.05, 0) is 12.6 Å². The number of rotatable bonds is 5. The second-order valence-corrected chi connectivity index (χ2v) is 6.81. The van der Waals surface area contributed by atoms with Gasteiger partial charge >= 0.3 is 5.97 Å². The molecular formula is C13H19N3O5S. The molecule has 1 N–H and O–H groups in total. The Morgan fingerprint density at radius 1 is 1.36 bits per heavy atom. The number of carbonyl (C=O) groups is 1. The number of hydrogen-bond donors (Lipinski definition) is 1. The lowest BCUT2D eigenvalue weighted by molar-refractivity contribution is 0.0692. The van der Waals surface area contributed by atoms with Crippen LogP contribution in [0.2, 0.25) is 0 Å². The van der Waals surface area contributed by atoms with Gasteiger partial charge in [0.15, 0.2) is 0 Å². The van der Waals surface area contributed by atoms with Crippen LogP contribution in [0.3, 0.4) is 0 Å². The van der Waals surface area contributed by atoms with Gasteiger partial charge in [0.2, 0.25) is 15.9 Å². The molecule has 0 saturated carbocycles. The average molecular weight is 329 g/mol. The van der Waals surface area contributed by atoms with Crippen LogP contribution < -0.4 is 4.74 Å². The van der Waals surface area contributed by atoms with Crippen molar-refractivity contribution in [2.75, 3.05) is 39.8 Å². The van der Waals surface area contributed by atoms with E-state index in [1.807, 2.05) is 6.92 Å². The third kappa shape index (κ3) is 3.21. The van der Waals surface area contributed by atoms with Crippen LogP contribution in [0, 0.1) is 0 Å². The number of nitrogens with zero attached hydrogens (tertiary/aromatic N) is 3. The summed E-state index contributed by atoms with van der Waals surface area (Å²) in [5.74, 6) is -1.39. The predicted molar refractivity (Wildman–Crippen MR) is 78.6 cm³/mol. The summed E-state index contributed by atoms with van der Waals surface area (Å²) >= 11 is 0. The molecule has 0 aromatic carbocycles. The molecule has 2 rings (SSSR count). The fraction of sp³-hybridized carbons (Fsp3) is 0.538. The molecule has 0 atom stereocenters. The van der Waals surface area contributed by atoms with Crippen molar-refractivity contribution in [2.45, 2.75) is 11.8 Å². The number of carboxylic acids is 1. The molecule has 22 heavy (non-hydrogen) atoms. The van der Waals surface area contributed by atoms with E-state index in [1.54, 1.807) is 0 Å². The van der Waals surface area contributed by atoms with E-state index in [-0.39, 0.29) is 16.3 Å². The number of aromatic carboxylic acids is 1. The Hall–Kier alpha value is -1.71. The van der Waals surface area contributed by atoms with E-state index in [0.717, 1.165) is 18.8 Å². The first-order valence-electron chi connectivity index (χ1n) is 6.90. The molecule has 1 saturated heterocycles. The molecule has 0 aliphatic carbocycles. The summed E-state index contributed by atoms with van der Waals surface area (Å²) in [5.41, 5.74) is -0.268.